The second-order valence-corrected chi connectivity index (χ2v) is 2.54. The van der Waals surface area contributed by atoms with Crippen molar-refractivity contribution in [2.45, 2.75) is 25.4 Å². The van der Waals surface area contributed by atoms with Crippen LogP contribution in [0.4, 0.5) is 17.6 Å². The van der Waals surface area contributed by atoms with Crippen LogP contribution in [0.2, 0.25) is 0 Å². The zero-order valence-corrected chi connectivity index (χ0v) is 7.60. The minimum atomic E-state index is -4.25. The molecule has 0 N–H and O–H groups in total. The van der Waals surface area contributed by atoms with E-state index in [2.05, 4.69) is 9.47 Å². The van der Waals surface area contributed by atoms with Crippen molar-refractivity contribution >= 4 is 5.97 Å². The molecule has 1 unspecified atom stereocenters. The first kappa shape index (κ1) is 13.2. The molecule has 14 heavy (non-hydrogen) atoms. The highest BCUT2D eigenvalue weighted by Crippen LogP contribution is 2.23. The average molecular weight is 218 g/mol. The van der Waals surface area contributed by atoms with E-state index in [1.54, 1.807) is 0 Å². The molecule has 0 radical (unpaired) electrons. The number of alkyl halides is 4. The van der Waals surface area contributed by atoms with Crippen molar-refractivity contribution in [3.05, 3.63) is 0 Å². The number of hydrogen-bond donors (Lipinski definition) is 0. The molecule has 0 bridgehead atoms. The van der Waals surface area contributed by atoms with E-state index in [1.165, 1.54) is 0 Å². The number of carbonyl (C=O) groups excluding carboxylic acids is 1. The highest BCUT2D eigenvalue weighted by molar-refractivity contribution is 5.73. The second kappa shape index (κ2) is 5.14. The Kier molecular flexibility index (Phi) is 4.82. The molecule has 0 fully saturated rings. The van der Waals surface area contributed by atoms with E-state index in [4.69, 9.17) is 0 Å². The smallest absolute Gasteiger partial charge is 0.334 e. The standard InChI is InChI=1S/C7H10F4O3/c1-4(5(12)13-2)14-3-7(10,11)6(8)9/h4,6H,3H2,1-2H3. The van der Waals surface area contributed by atoms with Gasteiger partial charge < -0.3 is 9.47 Å². The van der Waals surface area contributed by atoms with Gasteiger partial charge in [-0.15, -0.1) is 0 Å². The minimum absolute atomic E-state index is 0.893. The third kappa shape index (κ3) is 3.91. The summed E-state index contributed by atoms with van der Waals surface area (Å²) >= 11 is 0. The molecule has 0 aliphatic carbocycles. The lowest BCUT2D eigenvalue weighted by atomic mass is 10.3. The molecule has 0 rings (SSSR count). The molecule has 7 heteroatoms. The second-order valence-electron chi connectivity index (χ2n) is 2.54. The van der Waals surface area contributed by atoms with Crippen LogP contribution in [0.15, 0.2) is 0 Å². The third-order valence-corrected chi connectivity index (χ3v) is 1.38. The predicted octanol–water partition coefficient (Wildman–Crippen LogP) is 1.46. The lowest BCUT2D eigenvalue weighted by Crippen LogP contribution is -2.36. The number of esters is 1. The van der Waals surface area contributed by atoms with Crippen LogP contribution in [0.3, 0.4) is 0 Å². The van der Waals surface area contributed by atoms with E-state index in [9.17, 15) is 22.4 Å². The lowest BCUT2D eigenvalue weighted by molar-refractivity contribution is -0.184. The van der Waals surface area contributed by atoms with Crippen molar-refractivity contribution in [1.29, 1.82) is 0 Å². The summed E-state index contributed by atoms with van der Waals surface area (Å²) in [5.74, 6) is -5.14. The first-order valence-electron chi connectivity index (χ1n) is 3.66. The summed E-state index contributed by atoms with van der Waals surface area (Å²) in [4.78, 5) is 10.6. The first-order chi connectivity index (χ1) is 6.31. The van der Waals surface area contributed by atoms with Crippen molar-refractivity contribution in [3.8, 4) is 0 Å². The molecule has 84 valence electrons. The summed E-state index contributed by atoms with van der Waals surface area (Å²) in [7, 11) is 1.04. The summed E-state index contributed by atoms with van der Waals surface area (Å²) in [6, 6.07) is 0. The van der Waals surface area contributed by atoms with Crippen LogP contribution in [0.5, 0.6) is 0 Å². The van der Waals surface area contributed by atoms with Gasteiger partial charge in [-0.05, 0) is 6.92 Å². The average Bonchev–Trinajstić information content (AvgIpc) is 2.12. The molecule has 0 aliphatic heterocycles. The molecule has 1 atom stereocenters. The van der Waals surface area contributed by atoms with E-state index in [-0.39, 0.29) is 0 Å². The predicted molar refractivity (Wildman–Crippen MR) is 38.4 cm³/mol. The molecule has 0 aromatic rings. The Hall–Kier alpha value is -0.850. The van der Waals surface area contributed by atoms with E-state index in [0.29, 0.717) is 0 Å². The molecule has 0 aromatic heterocycles. The van der Waals surface area contributed by atoms with E-state index < -0.39 is 31.0 Å². The summed E-state index contributed by atoms with van der Waals surface area (Å²) in [6.45, 7) is -0.381. The molecule has 0 aromatic carbocycles. The van der Waals surface area contributed by atoms with Gasteiger partial charge in [0.1, 0.15) is 6.61 Å². The Bertz CT molecular complexity index is 195. The maximum atomic E-state index is 12.2. The molecule has 0 amide bonds. The van der Waals surface area contributed by atoms with Gasteiger partial charge in [-0.1, -0.05) is 0 Å². The first-order valence-corrected chi connectivity index (χ1v) is 3.66. The Morgan fingerprint density at radius 2 is 1.93 bits per heavy atom. The number of hydrogen-bond acceptors (Lipinski definition) is 3. The van der Waals surface area contributed by atoms with Gasteiger partial charge in [0, 0.05) is 0 Å². The molecule has 3 nitrogen and oxygen atoms in total. The molecule has 0 aliphatic rings. The van der Waals surface area contributed by atoms with Gasteiger partial charge in [-0.3, -0.25) is 0 Å². The Labute approximate surface area is 78.0 Å². The van der Waals surface area contributed by atoms with Crippen molar-refractivity contribution in [2.24, 2.45) is 0 Å². The van der Waals surface area contributed by atoms with Crippen LogP contribution >= 0.6 is 0 Å². The minimum Gasteiger partial charge on any atom is -0.467 e. The van der Waals surface area contributed by atoms with Crippen LogP contribution < -0.4 is 0 Å². The van der Waals surface area contributed by atoms with E-state index in [0.717, 1.165) is 14.0 Å². The zero-order valence-electron chi connectivity index (χ0n) is 7.60. The van der Waals surface area contributed by atoms with Gasteiger partial charge in [0.25, 0.3) is 0 Å². The molecule has 0 heterocycles. The van der Waals surface area contributed by atoms with Crippen molar-refractivity contribution in [3.63, 3.8) is 0 Å². The number of carbonyl (C=O) groups is 1. The fourth-order valence-corrected chi connectivity index (χ4v) is 0.533. The maximum Gasteiger partial charge on any atom is 0.334 e. The van der Waals surface area contributed by atoms with Gasteiger partial charge in [-0.25, -0.2) is 13.6 Å². The van der Waals surface area contributed by atoms with Gasteiger partial charge in [0.15, 0.2) is 6.10 Å². The maximum absolute atomic E-state index is 12.2. The van der Waals surface area contributed by atoms with Crippen LogP contribution in [-0.2, 0) is 14.3 Å². The summed E-state index contributed by atoms with van der Waals surface area (Å²) < 4.78 is 56.1. The number of halogens is 4. The van der Waals surface area contributed by atoms with Crippen LogP contribution in [0.25, 0.3) is 0 Å². The van der Waals surface area contributed by atoms with E-state index >= 15 is 0 Å². The highest BCUT2D eigenvalue weighted by Gasteiger charge is 2.41. The molecular weight excluding hydrogens is 208 g/mol. The zero-order chi connectivity index (χ0) is 11.4. The van der Waals surface area contributed by atoms with Gasteiger partial charge in [0.2, 0.25) is 0 Å². The van der Waals surface area contributed by atoms with Crippen LogP contribution in [0, 0.1) is 0 Å². The summed E-state index contributed by atoms with van der Waals surface area (Å²) in [5.41, 5.74) is 0. The number of ether oxygens (including phenoxy) is 2. The third-order valence-electron chi connectivity index (χ3n) is 1.38. The topological polar surface area (TPSA) is 35.5 Å². The SMILES string of the molecule is COC(=O)C(C)OCC(F)(F)C(F)F. The largest absolute Gasteiger partial charge is 0.467 e. The lowest BCUT2D eigenvalue weighted by Gasteiger charge is -2.17. The fourth-order valence-electron chi connectivity index (χ4n) is 0.533. The highest BCUT2D eigenvalue weighted by atomic mass is 19.3. The van der Waals surface area contributed by atoms with Crippen molar-refractivity contribution in [2.75, 3.05) is 13.7 Å². The number of methoxy groups -OCH3 is 1. The fraction of sp³-hybridized carbons (Fsp3) is 0.857. The normalized spacial score (nSPS) is 14.2. The Balaban J connectivity index is 3.99. The Morgan fingerprint density at radius 1 is 1.43 bits per heavy atom. The van der Waals surface area contributed by atoms with Crippen LogP contribution in [-0.4, -0.2) is 38.1 Å². The molecular formula is C7H10F4O3. The van der Waals surface area contributed by atoms with Gasteiger partial charge >= 0.3 is 18.3 Å². The molecule has 0 saturated heterocycles. The van der Waals surface area contributed by atoms with Gasteiger partial charge in [0.05, 0.1) is 7.11 Å². The van der Waals surface area contributed by atoms with E-state index in [1.807, 2.05) is 0 Å². The summed E-state index contributed by atoms with van der Waals surface area (Å²) in [5, 5.41) is 0. The van der Waals surface area contributed by atoms with Crippen molar-refractivity contribution in [1.82, 2.24) is 0 Å². The Morgan fingerprint density at radius 3 is 2.29 bits per heavy atom. The quantitative estimate of drug-likeness (QED) is 0.517. The molecule has 0 spiro atoms. The molecule has 0 saturated carbocycles. The van der Waals surface area contributed by atoms with Gasteiger partial charge in [-0.2, -0.15) is 8.78 Å². The summed E-state index contributed by atoms with van der Waals surface area (Å²) in [6.07, 6.45) is -5.10. The van der Waals surface area contributed by atoms with Crippen molar-refractivity contribution < 1.29 is 31.8 Å². The van der Waals surface area contributed by atoms with Crippen LogP contribution in [0.1, 0.15) is 6.92 Å². The monoisotopic (exact) mass is 218 g/mol. The number of rotatable bonds is 5.